The summed E-state index contributed by atoms with van der Waals surface area (Å²) in [4.78, 5) is 11.9. The minimum Gasteiger partial charge on any atom is -0.481 e. The van der Waals surface area contributed by atoms with E-state index in [-0.39, 0.29) is 24.8 Å². The van der Waals surface area contributed by atoms with Crippen molar-refractivity contribution in [2.45, 2.75) is 46.0 Å². The molecule has 0 fully saturated rings. The quantitative estimate of drug-likeness (QED) is 0.214. The van der Waals surface area contributed by atoms with Crippen LogP contribution in [0.1, 0.15) is 46.0 Å². The van der Waals surface area contributed by atoms with Gasteiger partial charge in [0.2, 0.25) is 5.88 Å². The summed E-state index contributed by atoms with van der Waals surface area (Å²) in [7, 11) is 1.63. The molecule has 5 nitrogen and oxygen atoms in total. The molecule has 178 valence electrons. The van der Waals surface area contributed by atoms with Gasteiger partial charge in [-0.3, -0.25) is 0 Å². The van der Waals surface area contributed by atoms with Gasteiger partial charge in [0.1, 0.15) is 5.52 Å². The second-order valence-electron chi connectivity index (χ2n) is 7.59. The van der Waals surface area contributed by atoms with Crippen LogP contribution in [0.3, 0.4) is 0 Å². The number of nitrogens with zero attached hydrogens (tertiary/aromatic N) is 3. The number of nitrogens with one attached hydrogen (secondary N) is 1. The Kier molecular flexibility index (Phi) is 13.0. The molecule has 1 N–H and O–H groups in total. The van der Waals surface area contributed by atoms with Crippen molar-refractivity contribution >= 4 is 64.0 Å². The number of rotatable bonds is 12. The van der Waals surface area contributed by atoms with E-state index in [0.29, 0.717) is 10.9 Å². The summed E-state index contributed by atoms with van der Waals surface area (Å²) in [5.74, 6) is 0.592. The van der Waals surface area contributed by atoms with Crippen LogP contribution in [0, 0.1) is 0 Å². The number of fused-ring (bicyclic) bond motifs is 2. The zero-order chi connectivity index (χ0) is 21.3. The third-order valence-corrected chi connectivity index (χ3v) is 5.85. The van der Waals surface area contributed by atoms with Crippen molar-refractivity contribution in [1.82, 2.24) is 14.9 Å². The van der Waals surface area contributed by atoms with Crippen LogP contribution in [-0.2, 0) is 0 Å². The van der Waals surface area contributed by atoms with E-state index < -0.39 is 0 Å². The summed E-state index contributed by atoms with van der Waals surface area (Å²) in [6.07, 6.45) is 6.24. The summed E-state index contributed by atoms with van der Waals surface area (Å²) in [6, 6.07) is 9.61. The molecule has 0 saturated carbocycles. The number of hydrogen-bond donors (Lipinski definition) is 1. The Morgan fingerprint density at radius 2 is 1.62 bits per heavy atom. The third-order valence-electron chi connectivity index (χ3n) is 5.61. The van der Waals surface area contributed by atoms with E-state index in [0.717, 1.165) is 53.7 Å². The highest BCUT2D eigenvalue weighted by Crippen LogP contribution is 2.32. The van der Waals surface area contributed by atoms with E-state index >= 15 is 0 Å². The zero-order valence-electron chi connectivity index (χ0n) is 19.2. The second-order valence-corrected chi connectivity index (χ2v) is 8.03. The maximum Gasteiger partial charge on any atom is 0.213 e. The molecule has 0 aliphatic rings. The predicted octanol–water partition coefficient (Wildman–Crippen LogP) is 6.99. The molecule has 2 aromatic heterocycles. The standard InChI is InChI=1S/C24H33ClN4O.2ClH/c1-4-29(5-2)16-10-8-6-7-9-15-26-23-19-12-11-18(25)17-21(19)27-20-13-14-22(30-3)28-24(20)23;;/h11-14,17H,4-10,15-16H2,1-3H3,(H,26,27);2*1H. The first-order valence-corrected chi connectivity index (χ1v) is 11.4. The molecule has 32 heavy (non-hydrogen) atoms. The Labute approximate surface area is 209 Å². The number of anilines is 1. The lowest BCUT2D eigenvalue weighted by molar-refractivity contribution is 0.295. The molecule has 2 heterocycles. The highest BCUT2D eigenvalue weighted by Gasteiger charge is 2.12. The summed E-state index contributed by atoms with van der Waals surface area (Å²) < 4.78 is 5.33. The van der Waals surface area contributed by atoms with Gasteiger partial charge in [-0.05, 0) is 56.7 Å². The monoisotopic (exact) mass is 500 g/mol. The lowest BCUT2D eigenvalue weighted by atomic mass is 10.1. The van der Waals surface area contributed by atoms with E-state index in [2.05, 4.69) is 29.0 Å². The number of pyridine rings is 2. The van der Waals surface area contributed by atoms with Crippen molar-refractivity contribution in [2.24, 2.45) is 0 Å². The highest BCUT2D eigenvalue weighted by atomic mass is 35.5. The molecular formula is C24H35Cl3N4O. The first kappa shape index (κ1) is 28.5. The van der Waals surface area contributed by atoms with E-state index in [9.17, 15) is 0 Å². The van der Waals surface area contributed by atoms with E-state index in [1.807, 2.05) is 30.3 Å². The molecule has 0 saturated heterocycles. The van der Waals surface area contributed by atoms with Crippen molar-refractivity contribution in [3.8, 4) is 5.88 Å². The topological polar surface area (TPSA) is 50.3 Å². The minimum absolute atomic E-state index is 0. The van der Waals surface area contributed by atoms with Crippen LogP contribution in [0.15, 0.2) is 30.3 Å². The maximum atomic E-state index is 6.20. The summed E-state index contributed by atoms with van der Waals surface area (Å²) in [5, 5.41) is 5.34. The lowest BCUT2D eigenvalue weighted by Gasteiger charge is -2.17. The van der Waals surface area contributed by atoms with Gasteiger partial charge in [-0.25, -0.2) is 9.97 Å². The molecule has 0 radical (unpaired) electrons. The number of benzene rings is 1. The SMILES string of the molecule is CCN(CC)CCCCCCCNc1c2ccc(Cl)cc2nc2ccc(OC)nc12.Cl.Cl. The maximum absolute atomic E-state index is 6.20. The number of methoxy groups -OCH3 is 1. The summed E-state index contributed by atoms with van der Waals surface area (Å²) in [5.41, 5.74) is 3.56. The van der Waals surface area contributed by atoms with Crippen molar-refractivity contribution in [1.29, 1.82) is 0 Å². The molecule has 0 bridgehead atoms. The molecule has 0 amide bonds. The van der Waals surface area contributed by atoms with Gasteiger partial charge in [0, 0.05) is 23.0 Å². The molecule has 1 aromatic carbocycles. The normalized spacial score (nSPS) is 10.8. The molecule has 0 spiro atoms. The first-order chi connectivity index (χ1) is 14.7. The Bertz CT molecular complexity index is 967. The van der Waals surface area contributed by atoms with Gasteiger partial charge in [0.15, 0.2) is 0 Å². The van der Waals surface area contributed by atoms with Crippen LogP contribution in [0.4, 0.5) is 5.69 Å². The highest BCUT2D eigenvalue weighted by molar-refractivity contribution is 6.31. The zero-order valence-corrected chi connectivity index (χ0v) is 21.6. The molecule has 3 rings (SSSR count). The Balaban J connectivity index is 0.00000256. The van der Waals surface area contributed by atoms with Gasteiger partial charge in [0.05, 0.1) is 23.8 Å². The fourth-order valence-electron chi connectivity index (χ4n) is 3.81. The molecule has 8 heteroatoms. The molecule has 3 aromatic rings. The van der Waals surface area contributed by atoms with Crippen LogP contribution in [0.2, 0.25) is 5.02 Å². The number of aromatic nitrogens is 2. The Morgan fingerprint density at radius 1 is 0.906 bits per heavy atom. The van der Waals surface area contributed by atoms with Crippen molar-refractivity contribution in [3.63, 3.8) is 0 Å². The predicted molar refractivity (Wildman–Crippen MR) is 142 cm³/mol. The molecular weight excluding hydrogens is 467 g/mol. The van der Waals surface area contributed by atoms with Crippen molar-refractivity contribution in [2.75, 3.05) is 38.6 Å². The molecule has 0 aliphatic carbocycles. The van der Waals surface area contributed by atoms with Gasteiger partial charge in [-0.15, -0.1) is 24.8 Å². The number of halogens is 3. The second kappa shape index (κ2) is 14.6. The number of hydrogen-bond acceptors (Lipinski definition) is 5. The molecule has 0 atom stereocenters. The van der Waals surface area contributed by atoms with Gasteiger partial charge in [-0.1, -0.05) is 44.7 Å². The van der Waals surface area contributed by atoms with Gasteiger partial charge in [0.25, 0.3) is 0 Å². The average Bonchev–Trinajstić information content (AvgIpc) is 2.77. The van der Waals surface area contributed by atoms with E-state index in [1.54, 1.807) is 7.11 Å². The Hall–Kier alpha value is -1.53. The van der Waals surface area contributed by atoms with Crippen LogP contribution in [0.5, 0.6) is 5.88 Å². The van der Waals surface area contributed by atoms with Gasteiger partial charge >= 0.3 is 0 Å². The minimum atomic E-state index is 0. The van der Waals surface area contributed by atoms with Gasteiger partial charge < -0.3 is 15.0 Å². The van der Waals surface area contributed by atoms with Crippen molar-refractivity contribution < 1.29 is 4.74 Å². The summed E-state index contributed by atoms with van der Waals surface area (Å²) >= 11 is 6.20. The third kappa shape index (κ3) is 7.51. The first-order valence-electron chi connectivity index (χ1n) is 11.1. The van der Waals surface area contributed by atoms with E-state index in [1.165, 1.54) is 32.2 Å². The fraction of sp³-hybridized carbons (Fsp3) is 0.500. The van der Waals surface area contributed by atoms with Gasteiger partial charge in [-0.2, -0.15) is 0 Å². The lowest BCUT2D eigenvalue weighted by Crippen LogP contribution is -2.23. The van der Waals surface area contributed by atoms with Crippen LogP contribution in [0.25, 0.3) is 21.9 Å². The van der Waals surface area contributed by atoms with Crippen molar-refractivity contribution in [3.05, 3.63) is 35.4 Å². The molecule has 0 aliphatic heterocycles. The fourth-order valence-corrected chi connectivity index (χ4v) is 3.98. The van der Waals surface area contributed by atoms with Crippen LogP contribution < -0.4 is 10.1 Å². The largest absolute Gasteiger partial charge is 0.481 e. The Morgan fingerprint density at radius 3 is 2.34 bits per heavy atom. The smallest absolute Gasteiger partial charge is 0.213 e. The van der Waals surface area contributed by atoms with Crippen LogP contribution in [-0.4, -0.2) is 48.2 Å². The number of ether oxygens (including phenoxy) is 1. The van der Waals surface area contributed by atoms with Crippen LogP contribution >= 0.6 is 36.4 Å². The summed E-state index contributed by atoms with van der Waals surface area (Å²) in [6.45, 7) is 8.90. The molecule has 0 unspecified atom stereocenters. The number of unbranched alkanes of at least 4 members (excludes halogenated alkanes) is 4. The van der Waals surface area contributed by atoms with E-state index in [4.69, 9.17) is 21.3 Å². The average molecular weight is 502 g/mol.